The zero-order valence-electron chi connectivity index (χ0n) is 15.7. The van der Waals surface area contributed by atoms with Crippen LogP contribution in [0.5, 0.6) is 0 Å². The third-order valence-electron chi connectivity index (χ3n) is 4.73. The largest absolute Gasteiger partial charge is 0.358 e. The van der Waals surface area contributed by atoms with Crippen molar-refractivity contribution in [3.8, 4) is 11.4 Å². The van der Waals surface area contributed by atoms with E-state index >= 15 is 0 Å². The van der Waals surface area contributed by atoms with Gasteiger partial charge in [0.15, 0.2) is 16.8 Å². The number of nitrogens with one attached hydrogen (secondary N) is 1. The summed E-state index contributed by atoms with van der Waals surface area (Å²) < 4.78 is 15.0. The number of para-hydroxylation sites is 1. The topological polar surface area (TPSA) is 63.6 Å². The highest BCUT2D eigenvalue weighted by Gasteiger charge is 2.24. The molecule has 5 nitrogen and oxygen atoms in total. The second-order valence-corrected chi connectivity index (χ2v) is 7.97. The van der Waals surface area contributed by atoms with Gasteiger partial charge in [-0.1, -0.05) is 30.0 Å². The van der Waals surface area contributed by atoms with Gasteiger partial charge in [-0.25, -0.2) is 4.39 Å². The van der Waals surface area contributed by atoms with Crippen LogP contribution in [0.3, 0.4) is 0 Å². The molecule has 142 valence electrons. The lowest BCUT2D eigenvalue weighted by atomic mass is 10.1. The Morgan fingerprint density at radius 1 is 1.14 bits per heavy atom. The molecule has 2 aromatic heterocycles. The lowest BCUT2D eigenvalue weighted by Crippen LogP contribution is -2.15. The van der Waals surface area contributed by atoms with Gasteiger partial charge in [0.1, 0.15) is 5.82 Å². The normalized spacial score (nSPS) is 12.4. The van der Waals surface area contributed by atoms with Gasteiger partial charge in [-0.3, -0.25) is 4.79 Å². The van der Waals surface area contributed by atoms with Gasteiger partial charge in [0.05, 0.1) is 5.25 Å². The molecule has 1 atom stereocenters. The summed E-state index contributed by atoms with van der Waals surface area (Å²) in [4.78, 5) is 16.4. The Balaban J connectivity index is 1.60. The van der Waals surface area contributed by atoms with Crippen LogP contribution in [0.4, 0.5) is 4.39 Å². The number of thioether (sulfide) groups is 1. The highest BCUT2D eigenvalue weighted by atomic mass is 32.2. The Labute approximate surface area is 166 Å². The summed E-state index contributed by atoms with van der Waals surface area (Å²) in [5.41, 5.74) is 3.31. The van der Waals surface area contributed by atoms with Crippen molar-refractivity contribution in [3.63, 3.8) is 0 Å². The third-order valence-corrected chi connectivity index (χ3v) is 5.86. The average Bonchev–Trinajstić information content (AvgIpc) is 3.21. The van der Waals surface area contributed by atoms with E-state index in [1.807, 2.05) is 49.7 Å². The molecule has 28 heavy (non-hydrogen) atoms. The molecule has 1 N–H and O–H groups in total. The number of aromatic nitrogens is 4. The van der Waals surface area contributed by atoms with E-state index in [9.17, 15) is 9.18 Å². The Hall–Kier alpha value is -2.93. The summed E-state index contributed by atoms with van der Waals surface area (Å²) in [5.74, 6) is 0.380. The molecule has 2 heterocycles. The maximum absolute atomic E-state index is 13.2. The maximum atomic E-state index is 13.2. The van der Waals surface area contributed by atoms with Gasteiger partial charge in [0, 0.05) is 34.8 Å². The molecular weight excluding hydrogens is 375 g/mol. The van der Waals surface area contributed by atoms with Gasteiger partial charge in [-0.05, 0) is 44.2 Å². The number of H-pyrrole nitrogens is 1. The fourth-order valence-corrected chi connectivity index (χ4v) is 4.15. The lowest BCUT2D eigenvalue weighted by molar-refractivity contribution is 0.0995. The Kier molecular flexibility index (Phi) is 4.77. The summed E-state index contributed by atoms with van der Waals surface area (Å²) in [7, 11) is 1.84. The molecule has 0 saturated heterocycles. The van der Waals surface area contributed by atoms with E-state index in [-0.39, 0.29) is 16.9 Å². The number of aromatic amines is 1. The number of benzene rings is 2. The summed E-state index contributed by atoms with van der Waals surface area (Å²) in [6, 6.07) is 13.9. The van der Waals surface area contributed by atoms with Crippen molar-refractivity contribution >= 4 is 28.4 Å². The molecule has 0 aliphatic heterocycles. The Morgan fingerprint density at radius 2 is 1.86 bits per heavy atom. The lowest BCUT2D eigenvalue weighted by Gasteiger charge is -2.10. The van der Waals surface area contributed by atoms with Crippen molar-refractivity contribution in [1.82, 2.24) is 19.7 Å². The standard InChI is InChI=1S/C21H19FN4OS/c1-12-18(16-6-4-5-7-17(16)23-12)19(27)13(2)28-21-25-24-20(26(21)3)14-8-10-15(22)11-9-14/h4-11,13,23H,1-3H3/t13-/m0/s1. The number of Topliss-reactive ketones (excluding diaryl/α,β-unsaturated/α-hetero) is 1. The molecule has 0 aliphatic carbocycles. The maximum Gasteiger partial charge on any atom is 0.191 e. The van der Waals surface area contributed by atoms with Crippen molar-refractivity contribution in [2.45, 2.75) is 24.3 Å². The minimum Gasteiger partial charge on any atom is -0.358 e. The zero-order valence-corrected chi connectivity index (χ0v) is 16.5. The number of carbonyl (C=O) groups excluding carboxylic acids is 1. The first-order valence-corrected chi connectivity index (χ1v) is 9.77. The smallest absolute Gasteiger partial charge is 0.191 e. The number of nitrogens with zero attached hydrogens (tertiary/aromatic N) is 3. The SMILES string of the molecule is Cc1[nH]c2ccccc2c1C(=O)[C@H](C)Sc1nnc(-c2ccc(F)cc2)n1C. The van der Waals surface area contributed by atoms with Gasteiger partial charge in [-0.2, -0.15) is 0 Å². The Bertz CT molecular complexity index is 1160. The quantitative estimate of drug-likeness (QED) is 0.391. The predicted octanol–water partition coefficient (Wildman–Crippen LogP) is 4.77. The zero-order chi connectivity index (χ0) is 19.8. The van der Waals surface area contributed by atoms with Gasteiger partial charge < -0.3 is 9.55 Å². The second kappa shape index (κ2) is 7.24. The molecule has 0 saturated carbocycles. The first-order chi connectivity index (χ1) is 13.5. The summed E-state index contributed by atoms with van der Waals surface area (Å²) in [6.07, 6.45) is 0. The van der Waals surface area contributed by atoms with E-state index < -0.39 is 0 Å². The van der Waals surface area contributed by atoms with Crippen LogP contribution in [0.15, 0.2) is 53.7 Å². The summed E-state index contributed by atoms with van der Waals surface area (Å²) in [5, 5.41) is 9.67. The second-order valence-electron chi connectivity index (χ2n) is 6.67. The van der Waals surface area contributed by atoms with Crippen LogP contribution in [0.1, 0.15) is 23.0 Å². The van der Waals surface area contributed by atoms with E-state index in [0.717, 1.165) is 27.7 Å². The fourth-order valence-electron chi connectivity index (χ4n) is 3.28. The molecule has 0 radical (unpaired) electrons. The van der Waals surface area contributed by atoms with Crippen LogP contribution >= 0.6 is 11.8 Å². The van der Waals surface area contributed by atoms with Crippen molar-refractivity contribution in [3.05, 3.63) is 65.6 Å². The number of halogens is 1. The molecule has 0 fully saturated rings. The molecule has 2 aromatic carbocycles. The molecule has 4 aromatic rings. The number of fused-ring (bicyclic) bond motifs is 1. The number of hydrogen-bond donors (Lipinski definition) is 1. The number of hydrogen-bond acceptors (Lipinski definition) is 4. The molecule has 0 amide bonds. The fraction of sp³-hybridized carbons (Fsp3) is 0.190. The van der Waals surface area contributed by atoms with Gasteiger partial charge in [0.2, 0.25) is 0 Å². The monoisotopic (exact) mass is 394 g/mol. The van der Waals surface area contributed by atoms with Gasteiger partial charge in [-0.15, -0.1) is 10.2 Å². The van der Waals surface area contributed by atoms with Crippen LogP contribution < -0.4 is 0 Å². The van der Waals surface area contributed by atoms with Crippen molar-refractivity contribution < 1.29 is 9.18 Å². The molecule has 4 rings (SSSR count). The first-order valence-electron chi connectivity index (χ1n) is 8.89. The van der Waals surface area contributed by atoms with Crippen LogP contribution in [-0.4, -0.2) is 30.8 Å². The molecular formula is C21H19FN4OS. The van der Waals surface area contributed by atoms with Crippen LogP contribution in [0.2, 0.25) is 0 Å². The third kappa shape index (κ3) is 3.22. The van der Waals surface area contributed by atoms with Crippen LogP contribution in [0.25, 0.3) is 22.3 Å². The average molecular weight is 394 g/mol. The minimum atomic E-state index is -0.332. The first kappa shape index (κ1) is 18.4. The van der Waals surface area contributed by atoms with E-state index in [4.69, 9.17) is 0 Å². The number of ketones is 1. The van der Waals surface area contributed by atoms with E-state index in [1.165, 1.54) is 23.9 Å². The van der Waals surface area contributed by atoms with Gasteiger partial charge in [0.25, 0.3) is 0 Å². The van der Waals surface area contributed by atoms with Gasteiger partial charge >= 0.3 is 0 Å². The predicted molar refractivity (Wildman–Crippen MR) is 109 cm³/mol. The van der Waals surface area contributed by atoms with Crippen molar-refractivity contribution in [2.24, 2.45) is 7.05 Å². The molecule has 7 heteroatoms. The summed E-state index contributed by atoms with van der Waals surface area (Å²) in [6.45, 7) is 3.79. The number of rotatable bonds is 5. The molecule has 0 unspecified atom stereocenters. The highest BCUT2D eigenvalue weighted by Crippen LogP contribution is 2.30. The van der Waals surface area contributed by atoms with Crippen LogP contribution in [-0.2, 0) is 7.05 Å². The Morgan fingerprint density at radius 3 is 2.61 bits per heavy atom. The summed E-state index contributed by atoms with van der Waals surface area (Å²) >= 11 is 1.36. The molecule has 0 bridgehead atoms. The highest BCUT2D eigenvalue weighted by molar-refractivity contribution is 8.00. The van der Waals surface area contributed by atoms with Crippen LogP contribution in [0, 0.1) is 12.7 Å². The van der Waals surface area contributed by atoms with E-state index in [2.05, 4.69) is 15.2 Å². The van der Waals surface area contributed by atoms with E-state index in [0.29, 0.717) is 11.0 Å². The van der Waals surface area contributed by atoms with E-state index in [1.54, 1.807) is 12.1 Å². The number of aryl methyl sites for hydroxylation is 1. The minimum absolute atomic E-state index is 0.0475. The molecule has 0 aliphatic rings. The van der Waals surface area contributed by atoms with Crippen molar-refractivity contribution in [2.75, 3.05) is 0 Å². The number of carbonyl (C=O) groups is 1. The van der Waals surface area contributed by atoms with Crippen molar-refractivity contribution in [1.29, 1.82) is 0 Å². The molecule has 0 spiro atoms.